The Morgan fingerprint density at radius 3 is 2.56 bits per heavy atom. The van der Waals surface area contributed by atoms with Crippen molar-refractivity contribution in [1.29, 1.82) is 0 Å². The number of aliphatic carboxylic acids is 1. The van der Waals surface area contributed by atoms with Gasteiger partial charge in [-0.15, -0.1) is 11.3 Å². The van der Waals surface area contributed by atoms with Crippen molar-refractivity contribution in [2.24, 2.45) is 0 Å². The number of nitrogens with zero attached hydrogens (tertiary/aromatic N) is 1. The second-order valence-corrected chi connectivity index (χ2v) is 8.53. The van der Waals surface area contributed by atoms with Gasteiger partial charge in [0.15, 0.2) is 5.16 Å². The fourth-order valence-electron chi connectivity index (χ4n) is 2.49. The number of aromatic amines is 1. The highest BCUT2D eigenvalue weighted by molar-refractivity contribution is 7.99. The molecular weight excluding hydrogens is 356 g/mol. The number of hydrogen-bond donors (Lipinski definition) is 2. The number of rotatable bonds is 4. The zero-order valence-corrected chi connectivity index (χ0v) is 15.8. The Balaban J connectivity index is 2.01. The molecule has 0 radical (unpaired) electrons. The van der Waals surface area contributed by atoms with E-state index in [-0.39, 0.29) is 16.7 Å². The number of H-pyrrole nitrogens is 1. The first-order chi connectivity index (χ1) is 11.8. The Labute approximate surface area is 153 Å². The summed E-state index contributed by atoms with van der Waals surface area (Å²) >= 11 is 2.40. The van der Waals surface area contributed by atoms with Crippen LogP contribution in [0.4, 0.5) is 0 Å². The molecule has 0 fully saturated rings. The maximum absolute atomic E-state index is 12.5. The van der Waals surface area contributed by atoms with Crippen LogP contribution < -0.4 is 5.56 Å². The molecule has 2 aromatic heterocycles. The summed E-state index contributed by atoms with van der Waals surface area (Å²) in [4.78, 5) is 30.8. The van der Waals surface area contributed by atoms with E-state index in [0.717, 1.165) is 22.9 Å². The Hall–Kier alpha value is -2.12. The molecule has 0 unspecified atom stereocenters. The predicted molar refractivity (Wildman–Crippen MR) is 103 cm³/mol. The van der Waals surface area contributed by atoms with Crippen LogP contribution in [0, 0.1) is 0 Å². The lowest BCUT2D eigenvalue weighted by atomic mass is 9.86. The second kappa shape index (κ2) is 6.65. The van der Waals surface area contributed by atoms with Gasteiger partial charge in [-0.3, -0.25) is 9.59 Å². The van der Waals surface area contributed by atoms with Crippen LogP contribution >= 0.6 is 23.1 Å². The Bertz CT molecular complexity index is 982. The third-order valence-electron chi connectivity index (χ3n) is 3.82. The molecule has 2 N–H and O–H groups in total. The fraction of sp³-hybridized carbons (Fsp3) is 0.278. The summed E-state index contributed by atoms with van der Waals surface area (Å²) in [7, 11) is 0. The third-order valence-corrected chi connectivity index (χ3v) is 5.55. The molecule has 0 saturated carbocycles. The number of benzene rings is 1. The van der Waals surface area contributed by atoms with E-state index in [1.54, 1.807) is 0 Å². The number of carboxylic acid groups (broad SMARTS) is 1. The van der Waals surface area contributed by atoms with E-state index in [9.17, 15) is 9.59 Å². The zero-order chi connectivity index (χ0) is 18.2. The Kier molecular flexibility index (Phi) is 4.71. The molecule has 130 valence electrons. The van der Waals surface area contributed by atoms with Gasteiger partial charge in [-0.05, 0) is 16.5 Å². The number of aromatic nitrogens is 2. The molecule has 0 spiro atoms. The van der Waals surface area contributed by atoms with Gasteiger partial charge >= 0.3 is 5.97 Å². The smallest absolute Gasteiger partial charge is 0.313 e. The van der Waals surface area contributed by atoms with E-state index in [0.29, 0.717) is 15.4 Å². The lowest BCUT2D eigenvalue weighted by Crippen LogP contribution is -2.11. The van der Waals surface area contributed by atoms with Crippen molar-refractivity contribution >= 4 is 39.3 Å². The van der Waals surface area contributed by atoms with E-state index in [1.807, 2.05) is 17.5 Å². The Morgan fingerprint density at radius 2 is 1.96 bits per heavy atom. The lowest BCUT2D eigenvalue weighted by Gasteiger charge is -2.19. The molecule has 0 aliphatic heterocycles. The highest BCUT2D eigenvalue weighted by Gasteiger charge is 2.16. The molecule has 0 aliphatic carbocycles. The minimum Gasteiger partial charge on any atom is -0.481 e. The van der Waals surface area contributed by atoms with Gasteiger partial charge in [-0.1, -0.05) is 56.8 Å². The van der Waals surface area contributed by atoms with E-state index in [1.165, 1.54) is 16.9 Å². The van der Waals surface area contributed by atoms with Crippen molar-refractivity contribution in [3.05, 3.63) is 45.6 Å². The van der Waals surface area contributed by atoms with Crippen LogP contribution in [0.5, 0.6) is 0 Å². The normalized spacial score (nSPS) is 11.8. The Morgan fingerprint density at radius 1 is 1.28 bits per heavy atom. The lowest BCUT2D eigenvalue weighted by molar-refractivity contribution is -0.133. The number of carbonyl (C=O) groups is 1. The van der Waals surface area contributed by atoms with E-state index >= 15 is 0 Å². The molecule has 0 atom stereocenters. The maximum Gasteiger partial charge on any atom is 0.313 e. The van der Waals surface area contributed by atoms with Crippen molar-refractivity contribution in [2.75, 3.05) is 5.75 Å². The third kappa shape index (κ3) is 3.77. The molecule has 0 bridgehead atoms. The fourth-order valence-corrected chi connectivity index (χ4v) is 4.08. The molecule has 1 aromatic carbocycles. The van der Waals surface area contributed by atoms with E-state index < -0.39 is 5.97 Å². The van der Waals surface area contributed by atoms with Gasteiger partial charge in [0.1, 0.15) is 4.83 Å². The van der Waals surface area contributed by atoms with Crippen molar-refractivity contribution in [3.63, 3.8) is 0 Å². The van der Waals surface area contributed by atoms with Gasteiger partial charge in [0.05, 0.1) is 11.1 Å². The molecule has 2 heterocycles. The van der Waals surface area contributed by atoms with Crippen LogP contribution in [0.15, 0.2) is 39.6 Å². The van der Waals surface area contributed by atoms with Crippen molar-refractivity contribution in [1.82, 2.24) is 9.97 Å². The number of thioether (sulfide) groups is 1. The van der Waals surface area contributed by atoms with Gasteiger partial charge in [-0.25, -0.2) is 4.98 Å². The zero-order valence-electron chi connectivity index (χ0n) is 14.1. The quantitative estimate of drug-likeness (QED) is 0.530. The van der Waals surface area contributed by atoms with Crippen molar-refractivity contribution in [2.45, 2.75) is 31.3 Å². The summed E-state index contributed by atoms with van der Waals surface area (Å²) < 4.78 is 0. The largest absolute Gasteiger partial charge is 0.481 e. The van der Waals surface area contributed by atoms with Gasteiger partial charge in [-0.2, -0.15) is 0 Å². The molecule has 3 aromatic rings. The molecule has 5 nitrogen and oxygen atoms in total. The van der Waals surface area contributed by atoms with E-state index in [2.05, 4.69) is 42.9 Å². The average Bonchev–Trinajstić information content (AvgIpc) is 2.97. The van der Waals surface area contributed by atoms with Crippen molar-refractivity contribution in [3.8, 4) is 11.1 Å². The highest BCUT2D eigenvalue weighted by atomic mass is 32.2. The van der Waals surface area contributed by atoms with Crippen LogP contribution in [-0.4, -0.2) is 26.8 Å². The predicted octanol–water partition coefficient (Wildman–Crippen LogP) is 4.13. The topological polar surface area (TPSA) is 83.0 Å². The van der Waals surface area contributed by atoms with E-state index in [4.69, 9.17) is 5.11 Å². The standard InChI is InChI=1S/C18H18N2O3S2/c1-18(2,3)11-6-4-10(5-7-11)12-8-24-16-14(12)15(23)19-17(20-16)25-9-13(21)22/h4-8H,9H2,1-3H3,(H,21,22)(H,19,20,23). The number of carboxylic acids is 1. The summed E-state index contributed by atoms with van der Waals surface area (Å²) in [6.07, 6.45) is 0. The second-order valence-electron chi connectivity index (χ2n) is 6.71. The first-order valence-electron chi connectivity index (χ1n) is 7.73. The molecule has 25 heavy (non-hydrogen) atoms. The van der Waals surface area contributed by atoms with Crippen molar-refractivity contribution < 1.29 is 9.90 Å². The summed E-state index contributed by atoms with van der Waals surface area (Å²) in [6.45, 7) is 6.48. The van der Waals surface area contributed by atoms with Gasteiger partial charge in [0.25, 0.3) is 5.56 Å². The SMILES string of the molecule is CC(C)(C)c1ccc(-c2csc3nc(SCC(=O)O)[nH]c(=O)c23)cc1. The summed E-state index contributed by atoms with van der Waals surface area (Å²) in [6, 6.07) is 8.21. The maximum atomic E-state index is 12.5. The number of hydrogen-bond acceptors (Lipinski definition) is 5. The summed E-state index contributed by atoms with van der Waals surface area (Å²) in [5.41, 5.74) is 2.88. The van der Waals surface area contributed by atoms with Gasteiger partial charge in [0.2, 0.25) is 0 Å². The number of nitrogens with one attached hydrogen (secondary N) is 1. The minimum atomic E-state index is -0.946. The van der Waals surface area contributed by atoms with Crippen LogP contribution in [0.25, 0.3) is 21.3 Å². The molecule has 0 amide bonds. The molecular formula is C18H18N2O3S2. The monoisotopic (exact) mass is 374 g/mol. The van der Waals surface area contributed by atoms with Crippen LogP contribution in [-0.2, 0) is 10.2 Å². The average molecular weight is 374 g/mol. The number of fused-ring (bicyclic) bond motifs is 1. The first-order valence-corrected chi connectivity index (χ1v) is 9.59. The minimum absolute atomic E-state index is 0.0739. The number of thiophene rings is 1. The van der Waals surface area contributed by atoms with Gasteiger partial charge in [0, 0.05) is 10.9 Å². The summed E-state index contributed by atoms with van der Waals surface area (Å²) in [5.74, 6) is -1.08. The molecule has 7 heteroatoms. The molecule has 0 aliphatic rings. The summed E-state index contributed by atoms with van der Waals surface area (Å²) in [5, 5.41) is 11.6. The van der Waals surface area contributed by atoms with Crippen LogP contribution in [0.2, 0.25) is 0 Å². The first kappa shape index (κ1) is 17.7. The van der Waals surface area contributed by atoms with Crippen LogP contribution in [0.1, 0.15) is 26.3 Å². The van der Waals surface area contributed by atoms with Crippen LogP contribution in [0.3, 0.4) is 0 Å². The molecule has 3 rings (SSSR count). The molecule has 0 saturated heterocycles. The van der Waals surface area contributed by atoms with Gasteiger partial charge < -0.3 is 10.1 Å². The highest BCUT2D eigenvalue weighted by Crippen LogP contribution is 2.33.